The maximum atomic E-state index is 11.8. The molecule has 0 saturated carbocycles. The Hall–Kier alpha value is -1.34. The second-order valence-electron chi connectivity index (χ2n) is 4.39. The molecule has 1 aromatic carbocycles. The first-order valence-electron chi connectivity index (χ1n) is 6.31. The number of amides is 1. The van der Waals surface area contributed by atoms with Crippen LogP contribution in [0.25, 0.3) is 0 Å². The van der Waals surface area contributed by atoms with Gasteiger partial charge in [0.25, 0.3) is 5.91 Å². The second kappa shape index (κ2) is 8.06. The number of nitrogens with two attached hydrogens (primary N) is 1. The van der Waals surface area contributed by atoms with Gasteiger partial charge >= 0.3 is 0 Å². The molecular weight excluding hydrogens is 282 g/mol. The minimum Gasteiger partial charge on any atom is -0.390 e. The van der Waals surface area contributed by atoms with Gasteiger partial charge in [-0.2, -0.15) is 0 Å². The van der Waals surface area contributed by atoms with Crippen molar-refractivity contribution in [1.29, 1.82) is 0 Å². The minimum atomic E-state index is -0.603. The van der Waals surface area contributed by atoms with Crippen LogP contribution in [0.5, 0.6) is 0 Å². The van der Waals surface area contributed by atoms with Gasteiger partial charge in [0.1, 0.15) is 6.61 Å². The molecule has 0 aliphatic carbocycles. The number of para-hydroxylation sites is 2. The van der Waals surface area contributed by atoms with Crippen LogP contribution in [0.1, 0.15) is 0 Å². The number of rotatable bonds is 5. The van der Waals surface area contributed by atoms with Gasteiger partial charge in [-0.3, -0.25) is 4.79 Å². The zero-order valence-corrected chi connectivity index (χ0v) is 11.9. The van der Waals surface area contributed by atoms with E-state index in [1.807, 2.05) is 24.3 Å². The molecule has 1 aliphatic rings. The van der Waals surface area contributed by atoms with E-state index in [2.05, 4.69) is 5.32 Å². The van der Waals surface area contributed by atoms with E-state index in [0.717, 1.165) is 11.4 Å². The molecular formula is C13H20ClN3O3. The van der Waals surface area contributed by atoms with Crippen molar-refractivity contribution in [3.05, 3.63) is 24.3 Å². The van der Waals surface area contributed by atoms with Crippen LogP contribution in [-0.4, -0.2) is 50.0 Å². The molecule has 0 bridgehead atoms. The number of nitrogens with one attached hydrogen (secondary N) is 1. The Morgan fingerprint density at radius 1 is 1.45 bits per heavy atom. The summed E-state index contributed by atoms with van der Waals surface area (Å²) in [7, 11) is 0. The summed E-state index contributed by atoms with van der Waals surface area (Å²) in [5, 5.41) is 12.6. The number of aliphatic hydroxyl groups excluding tert-OH is 1. The number of benzene rings is 1. The van der Waals surface area contributed by atoms with E-state index in [-0.39, 0.29) is 31.5 Å². The van der Waals surface area contributed by atoms with Crippen LogP contribution < -0.4 is 16.0 Å². The third-order valence-corrected chi connectivity index (χ3v) is 2.98. The first-order chi connectivity index (χ1) is 9.22. The lowest BCUT2D eigenvalue weighted by Gasteiger charge is -2.29. The standard InChI is InChI=1S/C13H19N3O3.ClH/c14-7-10(17)8-15-11-3-1-2-4-12(11)16-5-6-19-9-13(16)18;/h1-4,10,15,17H,5-9,14H2;1H. The Labute approximate surface area is 124 Å². The zero-order valence-electron chi connectivity index (χ0n) is 11.1. The number of carbonyl (C=O) groups excluding carboxylic acids is 1. The summed E-state index contributed by atoms with van der Waals surface area (Å²) < 4.78 is 5.12. The molecule has 1 aliphatic heterocycles. The number of aliphatic hydroxyl groups is 1. The largest absolute Gasteiger partial charge is 0.390 e. The van der Waals surface area contributed by atoms with Crippen LogP contribution in [0.15, 0.2) is 24.3 Å². The topological polar surface area (TPSA) is 87.8 Å². The van der Waals surface area contributed by atoms with Crippen LogP contribution >= 0.6 is 12.4 Å². The van der Waals surface area contributed by atoms with Crippen LogP contribution in [-0.2, 0) is 9.53 Å². The maximum Gasteiger partial charge on any atom is 0.253 e. The summed E-state index contributed by atoms with van der Waals surface area (Å²) in [5.41, 5.74) is 6.98. The van der Waals surface area contributed by atoms with E-state index in [9.17, 15) is 9.90 Å². The third kappa shape index (κ3) is 4.08. The van der Waals surface area contributed by atoms with Gasteiger partial charge in [0.2, 0.25) is 0 Å². The lowest BCUT2D eigenvalue weighted by molar-refractivity contribution is -0.125. The smallest absolute Gasteiger partial charge is 0.253 e. The molecule has 1 aromatic rings. The van der Waals surface area contributed by atoms with E-state index in [1.165, 1.54) is 0 Å². The van der Waals surface area contributed by atoms with Crippen molar-refractivity contribution in [3.63, 3.8) is 0 Å². The van der Waals surface area contributed by atoms with Crippen LogP contribution in [0, 0.1) is 0 Å². The monoisotopic (exact) mass is 301 g/mol. The highest BCUT2D eigenvalue weighted by Gasteiger charge is 2.22. The van der Waals surface area contributed by atoms with Crippen LogP contribution in [0.2, 0.25) is 0 Å². The average molecular weight is 302 g/mol. The van der Waals surface area contributed by atoms with Gasteiger partial charge in [0.05, 0.1) is 24.1 Å². The van der Waals surface area contributed by atoms with Gasteiger partial charge in [0.15, 0.2) is 0 Å². The van der Waals surface area contributed by atoms with Crippen molar-refractivity contribution >= 4 is 29.7 Å². The van der Waals surface area contributed by atoms with Crippen molar-refractivity contribution in [1.82, 2.24) is 0 Å². The predicted molar refractivity (Wildman–Crippen MR) is 80.4 cm³/mol. The van der Waals surface area contributed by atoms with Crippen molar-refractivity contribution in [2.45, 2.75) is 6.10 Å². The number of ether oxygens (including phenoxy) is 1. The summed E-state index contributed by atoms with van der Waals surface area (Å²) in [6.45, 7) is 1.74. The third-order valence-electron chi connectivity index (χ3n) is 2.98. The van der Waals surface area contributed by atoms with Crippen molar-refractivity contribution in [2.24, 2.45) is 5.73 Å². The molecule has 1 atom stereocenters. The van der Waals surface area contributed by atoms with Gasteiger partial charge in [-0.15, -0.1) is 12.4 Å². The fraction of sp³-hybridized carbons (Fsp3) is 0.462. The second-order valence-corrected chi connectivity index (χ2v) is 4.39. The summed E-state index contributed by atoms with van der Waals surface area (Å²) >= 11 is 0. The highest BCUT2D eigenvalue weighted by molar-refractivity contribution is 5.97. The Kier molecular flexibility index (Phi) is 6.74. The number of hydrogen-bond acceptors (Lipinski definition) is 5. The lowest BCUT2D eigenvalue weighted by atomic mass is 10.2. The molecule has 0 radical (unpaired) electrons. The molecule has 4 N–H and O–H groups in total. The highest BCUT2D eigenvalue weighted by atomic mass is 35.5. The maximum absolute atomic E-state index is 11.8. The fourth-order valence-electron chi connectivity index (χ4n) is 1.94. The predicted octanol–water partition coefficient (Wildman–Crippen LogP) is 0.203. The van der Waals surface area contributed by atoms with Gasteiger partial charge in [-0.25, -0.2) is 0 Å². The number of hydrogen-bond donors (Lipinski definition) is 3. The fourth-order valence-corrected chi connectivity index (χ4v) is 1.94. The van der Waals surface area contributed by atoms with Gasteiger partial charge in [0, 0.05) is 19.6 Å². The van der Waals surface area contributed by atoms with Crippen LogP contribution in [0.4, 0.5) is 11.4 Å². The Balaban J connectivity index is 0.00000200. The molecule has 2 rings (SSSR count). The summed E-state index contributed by atoms with van der Waals surface area (Å²) in [5.74, 6) is -0.0557. The zero-order chi connectivity index (χ0) is 13.7. The van der Waals surface area contributed by atoms with Crippen molar-refractivity contribution in [3.8, 4) is 0 Å². The lowest BCUT2D eigenvalue weighted by Crippen LogP contribution is -2.42. The molecule has 1 unspecified atom stereocenters. The first kappa shape index (κ1) is 16.7. The van der Waals surface area contributed by atoms with Crippen molar-refractivity contribution < 1.29 is 14.6 Å². The number of carbonyl (C=O) groups is 1. The molecule has 112 valence electrons. The molecule has 1 amide bonds. The molecule has 0 aromatic heterocycles. The van der Waals surface area contributed by atoms with E-state index in [4.69, 9.17) is 10.5 Å². The Morgan fingerprint density at radius 2 is 2.20 bits per heavy atom. The molecule has 0 spiro atoms. The molecule has 1 saturated heterocycles. The molecule has 6 nitrogen and oxygen atoms in total. The van der Waals surface area contributed by atoms with E-state index in [0.29, 0.717) is 19.7 Å². The van der Waals surface area contributed by atoms with E-state index >= 15 is 0 Å². The Bertz CT molecular complexity index is 445. The summed E-state index contributed by atoms with van der Waals surface area (Å²) in [6, 6.07) is 7.51. The molecule has 1 fully saturated rings. The number of morpholine rings is 1. The van der Waals surface area contributed by atoms with Crippen molar-refractivity contribution in [2.75, 3.05) is 43.1 Å². The van der Waals surface area contributed by atoms with Gasteiger partial charge in [-0.1, -0.05) is 12.1 Å². The van der Waals surface area contributed by atoms with E-state index < -0.39 is 6.10 Å². The first-order valence-corrected chi connectivity index (χ1v) is 6.31. The summed E-state index contributed by atoms with van der Waals surface area (Å²) in [4.78, 5) is 13.5. The Morgan fingerprint density at radius 3 is 2.90 bits per heavy atom. The summed E-state index contributed by atoms with van der Waals surface area (Å²) in [6.07, 6.45) is -0.603. The number of nitrogens with zero attached hydrogens (tertiary/aromatic N) is 1. The SMILES string of the molecule is Cl.NCC(O)CNc1ccccc1N1CCOCC1=O. The minimum absolute atomic E-state index is 0. The number of halogens is 1. The van der Waals surface area contributed by atoms with Crippen LogP contribution in [0.3, 0.4) is 0 Å². The van der Waals surface area contributed by atoms with Gasteiger partial charge < -0.3 is 25.8 Å². The normalized spacial score (nSPS) is 16.5. The van der Waals surface area contributed by atoms with E-state index in [1.54, 1.807) is 4.90 Å². The average Bonchev–Trinajstić information content (AvgIpc) is 2.45. The molecule has 20 heavy (non-hydrogen) atoms. The number of anilines is 2. The molecule has 7 heteroatoms. The van der Waals surface area contributed by atoms with Gasteiger partial charge in [-0.05, 0) is 12.1 Å². The molecule has 1 heterocycles. The highest BCUT2D eigenvalue weighted by Crippen LogP contribution is 2.26. The quantitative estimate of drug-likeness (QED) is 0.723.